The summed E-state index contributed by atoms with van der Waals surface area (Å²) in [5.41, 5.74) is 0. The average Bonchev–Trinajstić information content (AvgIpc) is 2.85. The van der Waals surface area contributed by atoms with Gasteiger partial charge in [0.05, 0.1) is 0 Å². The maximum absolute atomic E-state index is 3.64. The second kappa shape index (κ2) is 6.53. The lowest BCUT2D eigenvalue weighted by Gasteiger charge is -2.32. The molecule has 0 radical (unpaired) electrons. The number of piperidine rings is 1. The Balaban J connectivity index is 1.68. The highest BCUT2D eigenvalue weighted by molar-refractivity contribution is 7.10. The number of thiophene rings is 1. The van der Waals surface area contributed by atoms with Gasteiger partial charge in [0.2, 0.25) is 0 Å². The maximum atomic E-state index is 3.64. The standard InChI is InChI=1S/C14H24N2S/c1-12(14-7-5-11-17-14)15-9-8-13-6-3-4-10-16(13)2/h5,7,11-13,15H,3-4,6,8-10H2,1-2H3/t12-,13?/m1/s1. The van der Waals surface area contributed by atoms with Crippen LogP contribution >= 0.6 is 11.3 Å². The van der Waals surface area contributed by atoms with Gasteiger partial charge in [-0.3, -0.25) is 0 Å². The smallest absolute Gasteiger partial charge is 0.0386 e. The van der Waals surface area contributed by atoms with Gasteiger partial charge < -0.3 is 10.2 Å². The first-order valence-electron chi connectivity index (χ1n) is 6.74. The Morgan fingerprint density at radius 1 is 1.53 bits per heavy atom. The molecule has 0 amide bonds. The molecule has 1 aromatic heterocycles. The highest BCUT2D eigenvalue weighted by Gasteiger charge is 2.18. The number of rotatable bonds is 5. The topological polar surface area (TPSA) is 15.3 Å². The molecular formula is C14H24N2S. The van der Waals surface area contributed by atoms with Crippen molar-refractivity contribution in [1.29, 1.82) is 0 Å². The predicted molar refractivity (Wildman–Crippen MR) is 75.6 cm³/mol. The Labute approximate surface area is 109 Å². The van der Waals surface area contributed by atoms with Crippen molar-refractivity contribution in [3.63, 3.8) is 0 Å². The summed E-state index contributed by atoms with van der Waals surface area (Å²) in [5, 5.41) is 5.79. The first kappa shape index (κ1) is 13.1. The van der Waals surface area contributed by atoms with E-state index in [0.29, 0.717) is 6.04 Å². The van der Waals surface area contributed by atoms with Gasteiger partial charge >= 0.3 is 0 Å². The third-order valence-corrected chi connectivity index (χ3v) is 4.87. The van der Waals surface area contributed by atoms with Gasteiger partial charge in [0.1, 0.15) is 0 Å². The first-order valence-corrected chi connectivity index (χ1v) is 7.62. The maximum Gasteiger partial charge on any atom is 0.0386 e. The third kappa shape index (κ3) is 3.80. The molecule has 2 heterocycles. The monoisotopic (exact) mass is 252 g/mol. The molecule has 1 aromatic rings. The quantitative estimate of drug-likeness (QED) is 0.865. The molecule has 3 heteroatoms. The minimum Gasteiger partial charge on any atom is -0.309 e. The fourth-order valence-corrected chi connectivity index (χ4v) is 3.37. The van der Waals surface area contributed by atoms with Crippen molar-refractivity contribution in [2.75, 3.05) is 20.1 Å². The fourth-order valence-electron chi connectivity index (χ4n) is 2.61. The lowest BCUT2D eigenvalue weighted by atomic mass is 10.00. The Bertz CT molecular complexity index is 310. The number of nitrogens with one attached hydrogen (secondary N) is 1. The van der Waals surface area contributed by atoms with Crippen LogP contribution < -0.4 is 5.32 Å². The zero-order valence-electron chi connectivity index (χ0n) is 11.0. The van der Waals surface area contributed by atoms with Crippen LogP contribution in [0.1, 0.15) is 43.5 Å². The van der Waals surface area contributed by atoms with E-state index in [4.69, 9.17) is 0 Å². The van der Waals surface area contributed by atoms with Gasteiger partial charge in [-0.2, -0.15) is 0 Å². The molecular weight excluding hydrogens is 228 g/mol. The molecule has 1 aliphatic heterocycles. The van der Waals surface area contributed by atoms with E-state index in [1.54, 1.807) is 0 Å². The molecule has 1 unspecified atom stereocenters. The van der Waals surface area contributed by atoms with Crippen molar-refractivity contribution < 1.29 is 0 Å². The highest BCUT2D eigenvalue weighted by Crippen LogP contribution is 2.20. The summed E-state index contributed by atoms with van der Waals surface area (Å²) in [5.74, 6) is 0. The van der Waals surface area contributed by atoms with Crippen LogP contribution in [0.2, 0.25) is 0 Å². The predicted octanol–water partition coefficient (Wildman–Crippen LogP) is 3.27. The van der Waals surface area contributed by atoms with Gasteiger partial charge in [-0.15, -0.1) is 11.3 Å². The molecule has 17 heavy (non-hydrogen) atoms. The Morgan fingerprint density at radius 3 is 3.12 bits per heavy atom. The normalized spacial score (nSPS) is 23.8. The third-order valence-electron chi connectivity index (χ3n) is 3.82. The van der Waals surface area contributed by atoms with Crippen LogP contribution in [0.3, 0.4) is 0 Å². The van der Waals surface area contributed by atoms with Crippen molar-refractivity contribution >= 4 is 11.3 Å². The molecule has 0 spiro atoms. The van der Waals surface area contributed by atoms with Crippen LogP contribution in [0.5, 0.6) is 0 Å². The lowest BCUT2D eigenvalue weighted by Crippen LogP contribution is -2.38. The number of nitrogens with zero attached hydrogens (tertiary/aromatic N) is 1. The van der Waals surface area contributed by atoms with Gasteiger partial charge in [0, 0.05) is 17.0 Å². The van der Waals surface area contributed by atoms with Crippen LogP contribution in [0.15, 0.2) is 17.5 Å². The summed E-state index contributed by atoms with van der Waals surface area (Å²) >= 11 is 1.84. The molecule has 0 saturated carbocycles. The van der Waals surface area contributed by atoms with Gasteiger partial charge in [-0.05, 0) is 57.8 Å². The van der Waals surface area contributed by atoms with E-state index < -0.39 is 0 Å². The Hall–Kier alpha value is -0.380. The molecule has 0 bridgehead atoms. The van der Waals surface area contributed by atoms with E-state index in [1.807, 2.05) is 11.3 Å². The van der Waals surface area contributed by atoms with E-state index in [-0.39, 0.29) is 0 Å². The van der Waals surface area contributed by atoms with E-state index >= 15 is 0 Å². The van der Waals surface area contributed by atoms with Crippen LogP contribution in [0, 0.1) is 0 Å². The van der Waals surface area contributed by atoms with Crippen LogP contribution in [0.4, 0.5) is 0 Å². The molecule has 2 atom stereocenters. The molecule has 1 saturated heterocycles. The van der Waals surface area contributed by atoms with Crippen molar-refractivity contribution in [3.8, 4) is 0 Å². The molecule has 0 aromatic carbocycles. The van der Waals surface area contributed by atoms with Crippen molar-refractivity contribution in [3.05, 3.63) is 22.4 Å². The molecule has 1 aliphatic rings. The first-order chi connectivity index (χ1) is 8.27. The average molecular weight is 252 g/mol. The zero-order chi connectivity index (χ0) is 12.1. The molecule has 2 nitrogen and oxygen atoms in total. The Kier molecular flexibility index (Phi) is 5.01. The molecule has 1 N–H and O–H groups in total. The minimum atomic E-state index is 0.504. The van der Waals surface area contributed by atoms with Gasteiger partial charge in [-0.25, -0.2) is 0 Å². The summed E-state index contributed by atoms with van der Waals surface area (Å²) in [6.07, 6.45) is 5.46. The van der Waals surface area contributed by atoms with Crippen molar-refractivity contribution in [2.24, 2.45) is 0 Å². The van der Waals surface area contributed by atoms with E-state index in [2.05, 4.69) is 41.7 Å². The molecule has 0 aliphatic carbocycles. The van der Waals surface area contributed by atoms with Crippen molar-refractivity contribution in [1.82, 2.24) is 10.2 Å². The fraction of sp³-hybridized carbons (Fsp3) is 0.714. The second-order valence-electron chi connectivity index (χ2n) is 5.11. The van der Waals surface area contributed by atoms with Gasteiger partial charge in [-0.1, -0.05) is 12.5 Å². The van der Waals surface area contributed by atoms with E-state index in [1.165, 1.54) is 37.1 Å². The minimum absolute atomic E-state index is 0.504. The Morgan fingerprint density at radius 2 is 2.41 bits per heavy atom. The summed E-state index contributed by atoms with van der Waals surface area (Å²) in [4.78, 5) is 3.98. The largest absolute Gasteiger partial charge is 0.309 e. The van der Waals surface area contributed by atoms with Crippen LogP contribution in [-0.2, 0) is 0 Å². The highest BCUT2D eigenvalue weighted by atomic mass is 32.1. The summed E-state index contributed by atoms with van der Waals surface area (Å²) in [6, 6.07) is 5.65. The molecule has 2 rings (SSSR count). The molecule has 96 valence electrons. The number of hydrogen-bond donors (Lipinski definition) is 1. The lowest BCUT2D eigenvalue weighted by molar-refractivity contribution is 0.174. The van der Waals surface area contributed by atoms with Crippen molar-refractivity contribution in [2.45, 2.75) is 44.7 Å². The summed E-state index contributed by atoms with van der Waals surface area (Å²) < 4.78 is 0. The SMILES string of the molecule is C[C@@H](NCCC1CCCCN1C)c1cccs1. The van der Waals surface area contributed by atoms with E-state index in [9.17, 15) is 0 Å². The summed E-state index contributed by atoms with van der Waals surface area (Å²) in [7, 11) is 2.27. The van der Waals surface area contributed by atoms with Gasteiger partial charge in [0.25, 0.3) is 0 Å². The van der Waals surface area contributed by atoms with Crippen LogP contribution in [-0.4, -0.2) is 31.1 Å². The van der Waals surface area contributed by atoms with E-state index in [0.717, 1.165) is 12.6 Å². The zero-order valence-corrected chi connectivity index (χ0v) is 11.8. The number of likely N-dealkylation sites (tertiary alicyclic amines) is 1. The second-order valence-corrected chi connectivity index (χ2v) is 6.09. The molecule has 1 fully saturated rings. The number of hydrogen-bond acceptors (Lipinski definition) is 3. The van der Waals surface area contributed by atoms with Gasteiger partial charge in [0.15, 0.2) is 0 Å². The van der Waals surface area contributed by atoms with Crippen LogP contribution in [0.25, 0.3) is 0 Å². The summed E-state index contributed by atoms with van der Waals surface area (Å²) in [6.45, 7) is 4.68.